The van der Waals surface area contributed by atoms with Crippen molar-refractivity contribution in [2.75, 3.05) is 7.11 Å². The van der Waals surface area contributed by atoms with Gasteiger partial charge >= 0.3 is 5.91 Å². The Kier molecular flexibility index (Phi) is 4.46. The van der Waals surface area contributed by atoms with E-state index in [-0.39, 0.29) is 5.91 Å². The average Bonchev–Trinajstić information content (AvgIpc) is 3.21. The van der Waals surface area contributed by atoms with Crippen molar-refractivity contribution in [1.82, 2.24) is 0 Å². The summed E-state index contributed by atoms with van der Waals surface area (Å²) < 4.78 is 5.23. The molecule has 0 fully saturated rings. The highest BCUT2D eigenvalue weighted by Crippen LogP contribution is 2.37. The maximum absolute atomic E-state index is 13.2. The van der Waals surface area contributed by atoms with E-state index in [1.807, 2.05) is 48.5 Å². The molecule has 5 heteroatoms. The van der Waals surface area contributed by atoms with E-state index < -0.39 is 0 Å². The van der Waals surface area contributed by atoms with Crippen LogP contribution in [0.3, 0.4) is 0 Å². The van der Waals surface area contributed by atoms with E-state index in [4.69, 9.17) is 4.74 Å². The first-order valence-corrected chi connectivity index (χ1v) is 10.2. The van der Waals surface area contributed by atoms with Gasteiger partial charge in [-0.3, -0.25) is 0 Å². The molecular formula is C24H19N2O2S+. The monoisotopic (exact) mass is 399 g/mol. The summed E-state index contributed by atoms with van der Waals surface area (Å²) in [6.07, 6.45) is 1.73. The quantitative estimate of drug-likeness (QED) is 0.550. The Bertz CT molecular complexity index is 1240. The van der Waals surface area contributed by atoms with Gasteiger partial charge in [0, 0.05) is 10.4 Å². The summed E-state index contributed by atoms with van der Waals surface area (Å²) in [6.45, 7) is 0.582. The van der Waals surface area contributed by atoms with Crippen LogP contribution in [0.1, 0.15) is 15.2 Å². The van der Waals surface area contributed by atoms with Crippen molar-refractivity contribution >= 4 is 40.0 Å². The third-order valence-electron chi connectivity index (χ3n) is 5.21. The number of nitrogens with zero attached hydrogens (tertiary/aromatic N) is 1. The normalized spacial score (nSPS) is 15.5. The van der Waals surface area contributed by atoms with E-state index in [2.05, 4.69) is 29.3 Å². The minimum Gasteiger partial charge on any atom is -0.497 e. The van der Waals surface area contributed by atoms with Gasteiger partial charge in [0.1, 0.15) is 12.3 Å². The van der Waals surface area contributed by atoms with Crippen LogP contribution < -0.4 is 9.64 Å². The Labute approximate surface area is 172 Å². The van der Waals surface area contributed by atoms with Crippen LogP contribution in [-0.4, -0.2) is 19.4 Å². The Morgan fingerprint density at radius 3 is 2.62 bits per heavy atom. The van der Waals surface area contributed by atoms with Gasteiger partial charge in [0.15, 0.2) is 11.2 Å². The molecule has 1 aromatic heterocycles. The van der Waals surface area contributed by atoms with Crippen LogP contribution in [0.25, 0.3) is 21.2 Å². The number of hydrogen-bond donors (Lipinski definition) is 1. The molecule has 142 valence electrons. The molecule has 0 saturated carbocycles. The first-order valence-electron chi connectivity index (χ1n) is 9.42. The van der Waals surface area contributed by atoms with Gasteiger partial charge in [-0.05, 0) is 46.7 Å². The van der Waals surface area contributed by atoms with Crippen LogP contribution in [0, 0.1) is 0 Å². The minimum absolute atomic E-state index is 0.0766. The molecule has 1 unspecified atom stereocenters. The van der Waals surface area contributed by atoms with Crippen LogP contribution in [-0.2, 0) is 6.54 Å². The largest absolute Gasteiger partial charge is 0.497 e. The molecule has 1 atom stereocenters. The second-order valence-corrected chi connectivity index (χ2v) is 8.03. The Morgan fingerprint density at radius 2 is 1.79 bits per heavy atom. The predicted octanol–water partition coefficient (Wildman–Crippen LogP) is 4.48. The molecule has 5 rings (SSSR count). The number of quaternary nitrogens is 1. The van der Waals surface area contributed by atoms with E-state index >= 15 is 0 Å². The van der Waals surface area contributed by atoms with E-state index in [1.165, 1.54) is 22.1 Å². The Hall–Kier alpha value is -3.28. The maximum atomic E-state index is 13.2. The van der Waals surface area contributed by atoms with Crippen molar-refractivity contribution in [3.05, 3.63) is 83.2 Å². The van der Waals surface area contributed by atoms with Crippen molar-refractivity contribution in [3.8, 4) is 16.2 Å². The molecule has 4 aromatic rings. The second-order valence-electron chi connectivity index (χ2n) is 6.98. The van der Waals surface area contributed by atoms with Gasteiger partial charge in [0.05, 0.1) is 12.8 Å². The number of carbonyl (C=O) groups excluding carboxylic acids is 1. The first-order chi connectivity index (χ1) is 14.2. The molecule has 4 nitrogen and oxygen atoms in total. The van der Waals surface area contributed by atoms with Crippen LogP contribution in [0.2, 0.25) is 0 Å². The fourth-order valence-electron chi connectivity index (χ4n) is 3.67. The standard InChI is InChI=1S/C24H18N2O2S/c1-28-19-11-9-17(10-12-19)22-13-21-23(29-22)24(27)26(15-25-21)14-18-7-4-6-16-5-2-3-8-20(16)18/h2-13,15H,14H2,1H3/p+1. The van der Waals surface area contributed by atoms with E-state index in [0.717, 1.165) is 32.3 Å². The summed E-state index contributed by atoms with van der Waals surface area (Å²) in [5, 5.41) is 2.36. The van der Waals surface area contributed by atoms with E-state index in [1.54, 1.807) is 13.4 Å². The van der Waals surface area contributed by atoms with Crippen molar-refractivity contribution in [1.29, 1.82) is 0 Å². The highest BCUT2D eigenvalue weighted by molar-refractivity contribution is 7.18. The molecule has 1 aliphatic rings. The number of nitrogens with one attached hydrogen (secondary N) is 1. The fourth-order valence-corrected chi connectivity index (χ4v) is 4.75. The zero-order valence-electron chi connectivity index (χ0n) is 15.9. The molecule has 0 aliphatic carbocycles. The number of amides is 1. The molecule has 0 radical (unpaired) electrons. The number of thiophene rings is 1. The van der Waals surface area contributed by atoms with Gasteiger partial charge < -0.3 is 4.74 Å². The molecule has 3 aromatic carbocycles. The number of fused-ring (bicyclic) bond motifs is 2. The molecular weight excluding hydrogens is 380 g/mol. The third kappa shape index (κ3) is 3.24. The number of rotatable bonds is 4. The van der Waals surface area contributed by atoms with Crippen molar-refractivity contribution in [3.63, 3.8) is 0 Å². The van der Waals surface area contributed by atoms with Gasteiger partial charge in [0.25, 0.3) is 0 Å². The van der Waals surface area contributed by atoms with Gasteiger partial charge in [0.2, 0.25) is 0 Å². The molecule has 29 heavy (non-hydrogen) atoms. The minimum atomic E-state index is 0.0766. The SMILES string of the molecule is COc1ccc(-c2cc3c(s2)C(=O)[NH+](Cc2cccc4ccccc24)C=N3)cc1. The van der Waals surface area contributed by atoms with Crippen molar-refractivity contribution in [2.45, 2.75) is 6.54 Å². The zero-order chi connectivity index (χ0) is 19.8. The van der Waals surface area contributed by atoms with Crippen LogP contribution in [0.5, 0.6) is 5.75 Å². The number of aliphatic imine (C=N–C) groups is 1. The van der Waals surface area contributed by atoms with Crippen molar-refractivity contribution < 1.29 is 14.4 Å². The summed E-state index contributed by atoms with van der Waals surface area (Å²) in [4.78, 5) is 20.2. The molecule has 1 aliphatic heterocycles. The summed E-state index contributed by atoms with van der Waals surface area (Å²) in [5.41, 5.74) is 2.96. The zero-order valence-corrected chi connectivity index (χ0v) is 16.7. The lowest BCUT2D eigenvalue weighted by atomic mass is 10.0. The molecule has 0 spiro atoms. The number of hydrogen-bond acceptors (Lipinski definition) is 4. The number of ether oxygens (including phenoxy) is 1. The van der Waals surface area contributed by atoms with Crippen LogP contribution in [0.15, 0.2) is 77.8 Å². The Balaban J connectivity index is 1.44. The third-order valence-corrected chi connectivity index (χ3v) is 6.38. The lowest BCUT2D eigenvalue weighted by Crippen LogP contribution is -3.12. The van der Waals surface area contributed by atoms with E-state index in [0.29, 0.717) is 11.4 Å². The Morgan fingerprint density at radius 1 is 1.00 bits per heavy atom. The summed E-state index contributed by atoms with van der Waals surface area (Å²) in [6, 6.07) is 24.3. The topological polar surface area (TPSA) is 43.1 Å². The van der Waals surface area contributed by atoms with Gasteiger partial charge in [-0.15, -0.1) is 11.3 Å². The lowest BCUT2D eigenvalue weighted by molar-refractivity contribution is -0.721. The summed E-state index contributed by atoms with van der Waals surface area (Å²) in [5.74, 6) is 0.891. The number of methoxy groups -OCH3 is 1. The molecule has 1 N–H and O–H groups in total. The van der Waals surface area contributed by atoms with E-state index in [9.17, 15) is 4.79 Å². The average molecular weight is 399 g/mol. The highest BCUT2D eigenvalue weighted by Gasteiger charge is 2.30. The van der Waals surface area contributed by atoms with Gasteiger partial charge in [-0.2, -0.15) is 0 Å². The van der Waals surface area contributed by atoms with Crippen LogP contribution in [0.4, 0.5) is 5.69 Å². The highest BCUT2D eigenvalue weighted by atomic mass is 32.1. The fraction of sp³-hybridized carbons (Fsp3) is 0.0833. The predicted molar refractivity (Wildman–Crippen MR) is 117 cm³/mol. The summed E-state index contributed by atoms with van der Waals surface area (Å²) >= 11 is 1.50. The second kappa shape index (κ2) is 7.28. The van der Waals surface area contributed by atoms with Crippen LogP contribution >= 0.6 is 11.3 Å². The van der Waals surface area contributed by atoms with Gasteiger partial charge in [-0.25, -0.2) is 14.7 Å². The first kappa shape index (κ1) is 17.8. The lowest BCUT2D eigenvalue weighted by Gasteiger charge is -2.15. The molecule has 2 heterocycles. The maximum Gasteiger partial charge on any atom is 0.362 e. The molecule has 0 saturated heterocycles. The number of carbonyl (C=O) groups is 1. The molecule has 0 bridgehead atoms. The van der Waals surface area contributed by atoms with Gasteiger partial charge in [-0.1, -0.05) is 42.5 Å². The van der Waals surface area contributed by atoms with Crippen molar-refractivity contribution in [2.24, 2.45) is 4.99 Å². The summed E-state index contributed by atoms with van der Waals surface area (Å²) in [7, 11) is 1.65. The smallest absolute Gasteiger partial charge is 0.362 e. The number of benzene rings is 3. The molecule has 1 amide bonds.